The van der Waals surface area contributed by atoms with E-state index >= 15 is 0 Å². The minimum atomic E-state index is -0.175. The Hall–Kier alpha value is -4.26. The molecule has 0 aliphatic carbocycles. The number of allylic oxidation sites excluding steroid dienone is 1. The Morgan fingerprint density at radius 1 is 0.939 bits per heavy atom. The van der Waals surface area contributed by atoms with Crippen LogP contribution < -0.4 is 10.2 Å². The van der Waals surface area contributed by atoms with Gasteiger partial charge in [-0.2, -0.15) is 4.68 Å². The van der Waals surface area contributed by atoms with Crippen molar-refractivity contribution >= 4 is 23.2 Å². The second kappa shape index (κ2) is 8.70. The van der Waals surface area contributed by atoms with Gasteiger partial charge in [-0.05, 0) is 64.7 Å². The Labute approximate surface area is 192 Å². The number of fused-ring (bicyclic) bond motifs is 1. The first-order chi connectivity index (χ1) is 16.1. The standard InChI is InChI=1S/C26H24N6O/c1-18-13-14-22(15-19(18)2)27-25(33)17-31-23(20-9-5-3-6-10-20)16-24(21-11-7-4-8-12-21)32-26(31)28-29-30-32/h3-16,24H,17H2,1-2H3,(H,27,33)/t24-/m1/s1. The lowest BCUT2D eigenvalue weighted by atomic mass is 10.0. The van der Waals surface area contributed by atoms with Crippen molar-refractivity contribution in [3.8, 4) is 0 Å². The first kappa shape index (κ1) is 20.6. The predicted molar refractivity (Wildman–Crippen MR) is 129 cm³/mol. The Kier molecular flexibility index (Phi) is 5.44. The van der Waals surface area contributed by atoms with Crippen LogP contribution in [-0.2, 0) is 4.79 Å². The molecule has 0 bridgehead atoms. The molecule has 2 heterocycles. The van der Waals surface area contributed by atoms with Crippen LogP contribution in [0.1, 0.15) is 28.3 Å². The fraction of sp³-hybridized carbons (Fsp3) is 0.154. The zero-order valence-corrected chi connectivity index (χ0v) is 18.5. The fourth-order valence-electron chi connectivity index (χ4n) is 4.03. The summed E-state index contributed by atoms with van der Waals surface area (Å²) in [5.41, 5.74) is 6.04. The fourth-order valence-corrected chi connectivity index (χ4v) is 4.03. The molecule has 0 radical (unpaired) electrons. The molecule has 164 valence electrons. The molecule has 0 saturated heterocycles. The number of benzene rings is 3. The molecule has 1 atom stereocenters. The minimum Gasteiger partial charge on any atom is -0.325 e. The van der Waals surface area contributed by atoms with Crippen LogP contribution in [0.4, 0.5) is 11.6 Å². The van der Waals surface area contributed by atoms with E-state index < -0.39 is 0 Å². The van der Waals surface area contributed by atoms with Gasteiger partial charge in [0.05, 0.1) is 5.70 Å². The molecule has 4 aromatic rings. The molecule has 0 unspecified atom stereocenters. The van der Waals surface area contributed by atoms with E-state index in [4.69, 9.17) is 0 Å². The van der Waals surface area contributed by atoms with Gasteiger partial charge >= 0.3 is 0 Å². The van der Waals surface area contributed by atoms with E-state index in [1.807, 2.05) is 78.6 Å². The molecule has 0 fully saturated rings. The predicted octanol–water partition coefficient (Wildman–Crippen LogP) is 4.38. The summed E-state index contributed by atoms with van der Waals surface area (Å²) in [6.07, 6.45) is 2.11. The molecule has 33 heavy (non-hydrogen) atoms. The summed E-state index contributed by atoms with van der Waals surface area (Å²) < 4.78 is 1.76. The maximum atomic E-state index is 13.1. The van der Waals surface area contributed by atoms with Crippen LogP contribution >= 0.6 is 0 Å². The van der Waals surface area contributed by atoms with Crippen molar-refractivity contribution < 1.29 is 4.79 Å². The number of nitrogens with one attached hydrogen (secondary N) is 1. The largest absolute Gasteiger partial charge is 0.325 e. The maximum Gasteiger partial charge on any atom is 0.251 e. The van der Waals surface area contributed by atoms with Crippen molar-refractivity contribution in [2.75, 3.05) is 16.8 Å². The number of tetrazole rings is 1. The number of rotatable bonds is 5. The number of aryl methyl sites for hydroxylation is 2. The number of hydrogen-bond donors (Lipinski definition) is 1. The van der Waals surface area contributed by atoms with Gasteiger partial charge in [-0.1, -0.05) is 71.8 Å². The number of hydrogen-bond acceptors (Lipinski definition) is 5. The number of nitrogens with zero attached hydrogens (tertiary/aromatic N) is 5. The van der Waals surface area contributed by atoms with Crippen LogP contribution in [0.25, 0.3) is 5.70 Å². The lowest BCUT2D eigenvalue weighted by Crippen LogP contribution is -2.37. The zero-order chi connectivity index (χ0) is 22.8. The topological polar surface area (TPSA) is 75.9 Å². The smallest absolute Gasteiger partial charge is 0.251 e. The van der Waals surface area contributed by atoms with Gasteiger partial charge in [0, 0.05) is 5.69 Å². The monoisotopic (exact) mass is 436 g/mol. The summed E-state index contributed by atoms with van der Waals surface area (Å²) in [4.78, 5) is 14.9. The normalized spacial score (nSPS) is 15.0. The summed E-state index contributed by atoms with van der Waals surface area (Å²) in [7, 11) is 0. The van der Waals surface area contributed by atoms with Crippen molar-refractivity contribution in [3.63, 3.8) is 0 Å². The van der Waals surface area contributed by atoms with Crippen LogP contribution in [0.15, 0.2) is 84.9 Å². The molecule has 0 spiro atoms. The van der Waals surface area contributed by atoms with Crippen molar-refractivity contribution in [2.45, 2.75) is 19.9 Å². The molecule has 1 aliphatic rings. The minimum absolute atomic E-state index is 0.0789. The Bertz CT molecular complexity index is 1310. The van der Waals surface area contributed by atoms with Crippen LogP contribution in [0.5, 0.6) is 0 Å². The van der Waals surface area contributed by atoms with Crippen LogP contribution in [0.2, 0.25) is 0 Å². The Morgan fingerprint density at radius 3 is 2.39 bits per heavy atom. The molecular weight excluding hydrogens is 412 g/mol. The van der Waals surface area contributed by atoms with Crippen LogP contribution in [0, 0.1) is 13.8 Å². The highest BCUT2D eigenvalue weighted by molar-refractivity contribution is 5.97. The first-order valence-electron chi connectivity index (χ1n) is 10.8. The number of aromatic nitrogens is 4. The summed E-state index contributed by atoms with van der Waals surface area (Å²) in [5, 5.41) is 15.5. The van der Waals surface area contributed by atoms with Gasteiger partial charge in [0.1, 0.15) is 12.6 Å². The van der Waals surface area contributed by atoms with Crippen LogP contribution in [0.3, 0.4) is 0 Å². The highest BCUT2D eigenvalue weighted by atomic mass is 16.2. The maximum absolute atomic E-state index is 13.1. The molecule has 1 aliphatic heterocycles. The van der Waals surface area contributed by atoms with E-state index in [9.17, 15) is 4.79 Å². The number of carbonyl (C=O) groups excluding carboxylic acids is 1. The molecule has 1 amide bonds. The second-order valence-electron chi connectivity index (χ2n) is 8.13. The van der Waals surface area contributed by atoms with Gasteiger partial charge in [-0.15, -0.1) is 0 Å². The average Bonchev–Trinajstić information content (AvgIpc) is 3.33. The summed E-state index contributed by atoms with van der Waals surface area (Å²) >= 11 is 0. The average molecular weight is 437 g/mol. The summed E-state index contributed by atoms with van der Waals surface area (Å²) in [5.74, 6) is 0.383. The Morgan fingerprint density at radius 2 is 1.67 bits per heavy atom. The van der Waals surface area contributed by atoms with Crippen LogP contribution in [-0.4, -0.2) is 32.7 Å². The summed E-state index contributed by atoms with van der Waals surface area (Å²) in [6, 6.07) is 25.8. The van der Waals surface area contributed by atoms with Crippen molar-refractivity contribution in [3.05, 3.63) is 107 Å². The van der Waals surface area contributed by atoms with E-state index in [0.717, 1.165) is 28.1 Å². The number of carbonyl (C=O) groups is 1. The SMILES string of the molecule is Cc1ccc(NC(=O)CN2C(c3ccccc3)=C[C@H](c3ccccc3)n3nnnc32)cc1C. The third-order valence-electron chi connectivity index (χ3n) is 5.89. The van der Waals surface area contributed by atoms with Gasteiger partial charge in [0.2, 0.25) is 5.91 Å². The molecule has 0 saturated carbocycles. The van der Waals surface area contributed by atoms with Gasteiger partial charge < -0.3 is 5.32 Å². The third kappa shape index (κ3) is 4.13. The third-order valence-corrected chi connectivity index (χ3v) is 5.89. The lowest BCUT2D eigenvalue weighted by Gasteiger charge is -2.32. The van der Waals surface area contributed by atoms with Gasteiger partial charge in [-0.25, -0.2) is 0 Å². The van der Waals surface area contributed by atoms with Crippen molar-refractivity contribution in [2.24, 2.45) is 0 Å². The molecule has 1 N–H and O–H groups in total. The molecule has 1 aromatic heterocycles. The van der Waals surface area contributed by atoms with E-state index in [1.165, 1.54) is 5.56 Å². The van der Waals surface area contributed by atoms with E-state index in [2.05, 4.69) is 46.0 Å². The van der Waals surface area contributed by atoms with E-state index in [1.54, 1.807) is 4.68 Å². The van der Waals surface area contributed by atoms with Gasteiger partial charge in [0.25, 0.3) is 5.95 Å². The second-order valence-corrected chi connectivity index (χ2v) is 8.13. The highest BCUT2D eigenvalue weighted by Crippen LogP contribution is 2.36. The number of anilines is 2. The van der Waals surface area contributed by atoms with Gasteiger partial charge in [-0.3, -0.25) is 9.69 Å². The van der Waals surface area contributed by atoms with Gasteiger partial charge in [0.15, 0.2) is 0 Å². The molecule has 7 nitrogen and oxygen atoms in total. The van der Waals surface area contributed by atoms with Crippen molar-refractivity contribution in [1.82, 2.24) is 20.2 Å². The summed E-state index contributed by atoms with van der Waals surface area (Å²) in [6.45, 7) is 4.16. The molecule has 5 rings (SSSR count). The van der Waals surface area contributed by atoms with E-state index in [0.29, 0.717) is 5.95 Å². The van der Waals surface area contributed by atoms with Crippen molar-refractivity contribution in [1.29, 1.82) is 0 Å². The Balaban J connectivity index is 1.51. The quantitative estimate of drug-likeness (QED) is 0.503. The highest BCUT2D eigenvalue weighted by Gasteiger charge is 2.31. The molecule has 3 aromatic carbocycles. The first-order valence-corrected chi connectivity index (χ1v) is 10.8. The van der Waals surface area contributed by atoms with E-state index in [-0.39, 0.29) is 18.5 Å². The molecular formula is C26H24N6O. The number of amides is 1. The zero-order valence-electron chi connectivity index (χ0n) is 18.5. The lowest BCUT2D eigenvalue weighted by molar-refractivity contribution is -0.114. The molecule has 7 heteroatoms.